The average Bonchev–Trinajstić information content (AvgIpc) is 2.88. The first-order chi connectivity index (χ1) is 9.92. The lowest BCUT2D eigenvalue weighted by atomic mass is 10.1. The molecule has 2 aromatic rings. The van der Waals surface area contributed by atoms with E-state index in [2.05, 4.69) is 58.0 Å². The number of hydrogen-bond acceptors (Lipinski definition) is 3. The van der Waals surface area contributed by atoms with Crippen LogP contribution in [0.1, 0.15) is 54.8 Å². The Labute approximate surface area is 127 Å². The second-order valence-electron chi connectivity index (χ2n) is 6.02. The Morgan fingerprint density at radius 1 is 1.29 bits per heavy atom. The largest absolute Gasteiger partial charge is 0.462 e. The summed E-state index contributed by atoms with van der Waals surface area (Å²) in [5.74, 6) is 2.00. The van der Waals surface area contributed by atoms with Gasteiger partial charge in [0.15, 0.2) is 0 Å². The van der Waals surface area contributed by atoms with E-state index in [0.717, 1.165) is 30.2 Å². The quantitative estimate of drug-likeness (QED) is 0.885. The normalized spacial score (nSPS) is 11.6. The molecule has 0 unspecified atom stereocenters. The zero-order valence-electron chi connectivity index (χ0n) is 14.1. The zero-order chi connectivity index (χ0) is 15.6. The van der Waals surface area contributed by atoms with Gasteiger partial charge in [0.1, 0.15) is 11.5 Å². The highest BCUT2D eigenvalue weighted by atomic mass is 16.3. The number of aryl methyl sites for hydroxylation is 2. The fourth-order valence-corrected chi connectivity index (χ4v) is 2.69. The van der Waals surface area contributed by atoms with Gasteiger partial charge in [0.2, 0.25) is 0 Å². The van der Waals surface area contributed by atoms with Crippen LogP contribution >= 0.6 is 0 Å². The molecule has 2 rings (SSSR count). The van der Waals surface area contributed by atoms with Gasteiger partial charge in [-0.15, -0.1) is 0 Å². The third-order valence-corrected chi connectivity index (χ3v) is 3.93. The summed E-state index contributed by atoms with van der Waals surface area (Å²) in [6, 6.07) is 2.58. The summed E-state index contributed by atoms with van der Waals surface area (Å²) >= 11 is 0. The molecule has 0 fully saturated rings. The van der Waals surface area contributed by atoms with Crippen LogP contribution in [0.2, 0.25) is 0 Å². The van der Waals surface area contributed by atoms with Crippen LogP contribution in [0.25, 0.3) is 0 Å². The summed E-state index contributed by atoms with van der Waals surface area (Å²) in [6.07, 6.45) is 1.03. The molecule has 0 saturated carbocycles. The van der Waals surface area contributed by atoms with Gasteiger partial charge in [-0.2, -0.15) is 5.10 Å². The van der Waals surface area contributed by atoms with E-state index in [1.807, 2.05) is 4.68 Å². The Morgan fingerprint density at radius 3 is 2.57 bits per heavy atom. The first-order valence-electron chi connectivity index (χ1n) is 7.76. The molecule has 2 aromatic heterocycles. The van der Waals surface area contributed by atoms with Gasteiger partial charge in [-0.1, -0.05) is 20.8 Å². The highest BCUT2D eigenvalue weighted by Gasteiger charge is 2.13. The molecule has 0 spiro atoms. The van der Waals surface area contributed by atoms with Crippen LogP contribution in [-0.2, 0) is 19.5 Å². The van der Waals surface area contributed by atoms with Gasteiger partial charge in [-0.3, -0.25) is 4.68 Å². The lowest BCUT2D eigenvalue weighted by molar-refractivity contribution is 0.418. The van der Waals surface area contributed by atoms with Crippen LogP contribution in [0.5, 0.6) is 0 Å². The zero-order valence-corrected chi connectivity index (χ0v) is 14.1. The molecule has 0 radical (unpaired) electrons. The first-order valence-corrected chi connectivity index (χ1v) is 7.76. The van der Waals surface area contributed by atoms with Crippen molar-refractivity contribution < 1.29 is 4.42 Å². The molecule has 1 N–H and O–H groups in total. The van der Waals surface area contributed by atoms with Crippen LogP contribution in [0.15, 0.2) is 10.5 Å². The molecule has 2 heterocycles. The van der Waals surface area contributed by atoms with E-state index in [-0.39, 0.29) is 0 Å². The predicted octanol–water partition coefficient (Wildman–Crippen LogP) is 3.51. The topological polar surface area (TPSA) is 43.0 Å². The van der Waals surface area contributed by atoms with Crippen molar-refractivity contribution in [3.05, 3.63) is 40.1 Å². The number of nitrogens with one attached hydrogen (secondary N) is 1. The maximum atomic E-state index is 5.98. The minimum absolute atomic E-state index is 0.459. The van der Waals surface area contributed by atoms with Crippen molar-refractivity contribution in [2.45, 2.75) is 67.1 Å². The molecular formula is C17H27N3O. The Kier molecular flexibility index (Phi) is 4.88. The monoisotopic (exact) mass is 289 g/mol. The van der Waals surface area contributed by atoms with E-state index in [1.54, 1.807) is 0 Å². The van der Waals surface area contributed by atoms with Gasteiger partial charge in [-0.05, 0) is 44.4 Å². The lowest BCUT2D eigenvalue weighted by Crippen LogP contribution is -2.21. The number of furan rings is 1. The third kappa shape index (κ3) is 3.56. The molecular weight excluding hydrogens is 262 g/mol. The number of nitrogens with zero attached hydrogens (tertiary/aromatic N) is 2. The Balaban J connectivity index is 2.15. The number of hydrogen-bond donors (Lipinski definition) is 1. The summed E-state index contributed by atoms with van der Waals surface area (Å²) in [5.41, 5.74) is 4.92. The summed E-state index contributed by atoms with van der Waals surface area (Å²) in [4.78, 5) is 0. The van der Waals surface area contributed by atoms with Gasteiger partial charge in [0.25, 0.3) is 0 Å². The molecule has 0 aliphatic rings. The van der Waals surface area contributed by atoms with Crippen molar-refractivity contribution in [3.8, 4) is 0 Å². The third-order valence-electron chi connectivity index (χ3n) is 3.93. The molecule has 4 heteroatoms. The van der Waals surface area contributed by atoms with Crippen molar-refractivity contribution in [3.63, 3.8) is 0 Å². The molecule has 0 aromatic carbocycles. The minimum atomic E-state index is 0.459. The van der Waals surface area contributed by atoms with E-state index in [4.69, 9.17) is 4.42 Å². The van der Waals surface area contributed by atoms with E-state index in [1.165, 1.54) is 16.8 Å². The smallest absolute Gasteiger partial charge is 0.126 e. The highest BCUT2D eigenvalue weighted by molar-refractivity contribution is 5.26. The summed E-state index contributed by atoms with van der Waals surface area (Å²) in [7, 11) is 0. The first kappa shape index (κ1) is 15.8. The predicted molar refractivity (Wildman–Crippen MR) is 85.6 cm³/mol. The molecule has 21 heavy (non-hydrogen) atoms. The van der Waals surface area contributed by atoms with E-state index < -0.39 is 0 Å². The average molecular weight is 289 g/mol. The number of aromatic nitrogens is 2. The maximum Gasteiger partial charge on any atom is 0.126 e. The molecule has 0 amide bonds. The van der Waals surface area contributed by atoms with Gasteiger partial charge in [0.05, 0.1) is 18.8 Å². The van der Waals surface area contributed by atoms with E-state index >= 15 is 0 Å². The van der Waals surface area contributed by atoms with Gasteiger partial charge >= 0.3 is 0 Å². The molecule has 0 saturated heterocycles. The van der Waals surface area contributed by atoms with Crippen LogP contribution < -0.4 is 5.32 Å². The SMILES string of the molecule is CCc1c(C)nn(Cc2cc(C)c(CNC(C)C)o2)c1C. The Hall–Kier alpha value is -1.55. The standard InChI is InChI=1S/C17H27N3O/c1-7-16-13(5)19-20(14(16)6)10-15-8-12(4)17(21-15)9-18-11(2)3/h8,11,18H,7,9-10H2,1-6H3. The molecule has 0 atom stereocenters. The molecule has 0 aliphatic carbocycles. The number of rotatable bonds is 6. The fourth-order valence-electron chi connectivity index (χ4n) is 2.69. The second-order valence-corrected chi connectivity index (χ2v) is 6.02. The Morgan fingerprint density at radius 2 is 2.00 bits per heavy atom. The van der Waals surface area contributed by atoms with Crippen molar-refractivity contribution in [1.29, 1.82) is 0 Å². The molecule has 0 bridgehead atoms. The summed E-state index contributed by atoms with van der Waals surface area (Å²) < 4.78 is 8.03. The minimum Gasteiger partial charge on any atom is -0.462 e. The van der Waals surface area contributed by atoms with Crippen molar-refractivity contribution >= 4 is 0 Å². The summed E-state index contributed by atoms with van der Waals surface area (Å²) in [6.45, 7) is 14.2. The molecule has 116 valence electrons. The highest BCUT2D eigenvalue weighted by Crippen LogP contribution is 2.19. The van der Waals surface area contributed by atoms with Crippen molar-refractivity contribution in [2.75, 3.05) is 0 Å². The molecule has 4 nitrogen and oxygen atoms in total. The van der Waals surface area contributed by atoms with Crippen molar-refractivity contribution in [1.82, 2.24) is 15.1 Å². The molecule has 0 aliphatic heterocycles. The second kappa shape index (κ2) is 6.48. The van der Waals surface area contributed by atoms with Gasteiger partial charge in [-0.25, -0.2) is 0 Å². The maximum absolute atomic E-state index is 5.98. The fraction of sp³-hybridized carbons (Fsp3) is 0.588. The van der Waals surface area contributed by atoms with Gasteiger partial charge < -0.3 is 9.73 Å². The van der Waals surface area contributed by atoms with Crippen LogP contribution in [0.3, 0.4) is 0 Å². The summed E-state index contributed by atoms with van der Waals surface area (Å²) in [5, 5.41) is 8.03. The van der Waals surface area contributed by atoms with E-state index in [0.29, 0.717) is 12.6 Å². The van der Waals surface area contributed by atoms with Crippen LogP contribution in [0.4, 0.5) is 0 Å². The van der Waals surface area contributed by atoms with Gasteiger partial charge in [0, 0.05) is 11.7 Å². The Bertz CT molecular complexity index is 608. The van der Waals surface area contributed by atoms with Crippen LogP contribution in [-0.4, -0.2) is 15.8 Å². The lowest BCUT2D eigenvalue weighted by Gasteiger charge is -2.06. The van der Waals surface area contributed by atoms with Crippen molar-refractivity contribution in [2.24, 2.45) is 0 Å². The van der Waals surface area contributed by atoms with Crippen LogP contribution in [0, 0.1) is 20.8 Å². The van der Waals surface area contributed by atoms with E-state index in [9.17, 15) is 0 Å².